The molecule has 0 aliphatic carbocycles. The van der Waals surface area contributed by atoms with Crippen LogP contribution in [-0.2, 0) is 13.2 Å². The van der Waals surface area contributed by atoms with Crippen LogP contribution in [0.5, 0.6) is 11.5 Å². The number of aliphatic hydroxyl groups is 1. The number of hydrogen-bond acceptors (Lipinski definition) is 5. The van der Waals surface area contributed by atoms with E-state index < -0.39 is 0 Å². The Hall–Kier alpha value is -2.60. The van der Waals surface area contributed by atoms with Crippen molar-refractivity contribution < 1.29 is 19.4 Å². The fourth-order valence-electron chi connectivity index (χ4n) is 2.34. The molecule has 0 spiro atoms. The second-order valence-corrected chi connectivity index (χ2v) is 5.01. The zero-order valence-electron chi connectivity index (χ0n) is 13.4. The molecular weight excluding hydrogens is 296 g/mol. The zero-order chi connectivity index (χ0) is 16.8. The molecule has 2 aromatic rings. The van der Waals surface area contributed by atoms with Crippen LogP contribution in [0.2, 0.25) is 0 Å². The van der Waals surface area contributed by atoms with E-state index in [4.69, 9.17) is 9.47 Å². The average Bonchev–Trinajstić information content (AvgIpc) is 2.58. The summed E-state index contributed by atoms with van der Waals surface area (Å²) in [6.45, 7) is 1.93. The van der Waals surface area contributed by atoms with E-state index in [-0.39, 0.29) is 19.1 Å². The molecule has 0 radical (unpaired) electrons. The van der Waals surface area contributed by atoms with Crippen LogP contribution >= 0.6 is 0 Å². The van der Waals surface area contributed by atoms with Crippen molar-refractivity contribution in [3.8, 4) is 11.5 Å². The predicted octanol–water partition coefficient (Wildman–Crippen LogP) is 1.83. The van der Waals surface area contributed by atoms with E-state index in [0.29, 0.717) is 28.3 Å². The molecule has 6 heteroatoms. The summed E-state index contributed by atoms with van der Waals surface area (Å²) in [4.78, 5) is 16.5. The third-order valence-electron chi connectivity index (χ3n) is 3.44. The number of ether oxygens (including phenoxy) is 2. The SMILES string of the molecule is COc1ccnc(CNC(=O)c2cc(C)c(OC)c(CO)c2)c1. The van der Waals surface area contributed by atoms with Crippen molar-refractivity contribution in [2.45, 2.75) is 20.1 Å². The first kappa shape index (κ1) is 16.8. The van der Waals surface area contributed by atoms with Crippen LogP contribution in [0, 0.1) is 6.92 Å². The number of nitrogens with one attached hydrogen (secondary N) is 1. The highest BCUT2D eigenvalue weighted by atomic mass is 16.5. The fraction of sp³-hybridized carbons (Fsp3) is 0.294. The second-order valence-electron chi connectivity index (χ2n) is 5.01. The first-order chi connectivity index (χ1) is 11.1. The lowest BCUT2D eigenvalue weighted by atomic mass is 10.0. The quantitative estimate of drug-likeness (QED) is 0.850. The topological polar surface area (TPSA) is 80.7 Å². The monoisotopic (exact) mass is 316 g/mol. The summed E-state index contributed by atoms with van der Waals surface area (Å²) < 4.78 is 10.4. The average molecular weight is 316 g/mol. The number of methoxy groups -OCH3 is 2. The summed E-state index contributed by atoms with van der Waals surface area (Å²) >= 11 is 0. The van der Waals surface area contributed by atoms with Crippen LogP contribution in [0.15, 0.2) is 30.5 Å². The zero-order valence-corrected chi connectivity index (χ0v) is 13.4. The van der Waals surface area contributed by atoms with E-state index in [1.807, 2.05) is 6.92 Å². The van der Waals surface area contributed by atoms with Crippen LogP contribution < -0.4 is 14.8 Å². The molecule has 1 amide bonds. The van der Waals surface area contributed by atoms with E-state index >= 15 is 0 Å². The standard InChI is InChI=1S/C17H20N2O4/c1-11-6-12(7-13(10-20)16(11)23-3)17(21)19-9-14-8-15(22-2)4-5-18-14/h4-8,20H,9-10H2,1-3H3,(H,19,21). The maximum absolute atomic E-state index is 12.3. The lowest BCUT2D eigenvalue weighted by Gasteiger charge is -2.12. The number of benzene rings is 1. The Morgan fingerprint density at radius 3 is 2.70 bits per heavy atom. The Morgan fingerprint density at radius 1 is 1.26 bits per heavy atom. The minimum Gasteiger partial charge on any atom is -0.497 e. The summed E-state index contributed by atoms with van der Waals surface area (Å²) in [6, 6.07) is 6.86. The molecule has 0 aliphatic heterocycles. The lowest BCUT2D eigenvalue weighted by molar-refractivity contribution is 0.0950. The Labute approximate surface area is 135 Å². The molecule has 0 saturated heterocycles. The van der Waals surface area contributed by atoms with Gasteiger partial charge in [0.15, 0.2) is 0 Å². The molecular formula is C17H20N2O4. The molecule has 23 heavy (non-hydrogen) atoms. The summed E-state index contributed by atoms with van der Waals surface area (Å²) in [5.74, 6) is 1.04. The summed E-state index contributed by atoms with van der Waals surface area (Å²) in [6.07, 6.45) is 1.63. The van der Waals surface area contributed by atoms with E-state index in [2.05, 4.69) is 10.3 Å². The molecule has 0 unspecified atom stereocenters. The van der Waals surface area contributed by atoms with Gasteiger partial charge in [0.25, 0.3) is 5.91 Å². The van der Waals surface area contributed by atoms with Crippen LogP contribution in [0.3, 0.4) is 0 Å². The van der Waals surface area contributed by atoms with Gasteiger partial charge in [-0.05, 0) is 30.7 Å². The third kappa shape index (κ3) is 3.98. The highest BCUT2D eigenvalue weighted by Gasteiger charge is 2.13. The maximum atomic E-state index is 12.3. The Balaban J connectivity index is 2.13. The Morgan fingerprint density at radius 2 is 2.04 bits per heavy atom. The molecule has 0 aliphatic rings. The van der Waals surface area contributed by atoms with Crippen molar-refractivity contribution in [1.29, 1.82) is 0 Å². The Kier molecular flexibility index (Phi) is 5.54. The van der Waals surface area contributed by atoms with E-state index in [9.17, 15) is 9.90 Å². The van der Waals surface area contributed by atoms with Crippen molar-refractivity contribution in [2.24, 2.45) is 0 Å². The second kappa shape index (κ2) is 7.60. The number of nitrogens with zero attached hydrogens (tertiary/aromatic N) is 1. The molecule has 1 aromatic heterocycles. The van der Waals surface area contributed by atoms with Crippen molar-refractivity contribution in [3.05, 3.63) is 52.8 Å². The largest absolute Gasteiger partial charge is 0.497 e. The minimum atomic E-state index is -0.241. The van der Waals surface area contributed by atoms with Gasteiger partial charge in [0, 0.05) is 23.4 Å². The van der Waals surface area contributed by atoms with E-state index in [1.54, 1.807) is 37.6 Å². The molecule has 2 N–H and O–H groups in total. The number of carbonyl (C=O) groups is 1. The van der Waals surface area contributed by atoms with Gasteiger partial charge in [-0.3, -0.25) is 9.78 Å². The molecule has 0 atom stereocenters. The number of hydrogen-bond donors (Lipinski definition) is 2. The molecule has 122 valence electrons. The molecule has 0 bridgehead atoms. The van der Waals surface area contributed by atoms with Crippen molar-refractivity contribution in [1.82, 2.24) is 10.3 Å². The van der Waals surface area contributed by atoms with Gasteiger partial charge in [-0.25, -0.2) is 0 Å². The minimum absolute atomic E-state index is 0.192. The van der Waals surface area contributed by atoms with Gasteiger partial charge < -0.3 is 19.9 Å². The summed E-state index contributed by atoms with van der Waals surface area (Å²) in [5.41, 5.74) is 2.54. The number of carbonyl (C=O) groups excluding carboxylic acids is 1. The van der Waals surface area contributed by atoms with Crippen molar-refractivity contribution >= 4 is 5.91 Å². The highest BCUT2D eigenvalue weighted by molar-refractivity contribution is 5.94. The number of rotatable bonds is 6. The van der Waals surface area contributed by atoms with E-state index in [0.717, 1.165) is 5.56 Å². The Bertz CT molecular complexity index is 701. The summed E-state index contributed by atoms with van der Waals surface area (Å²) in [7, 11) is 3.12. The molecule has 6 nitrogen and oxygen atoms in total. The predicted molar refractivity (Wildman–Crippen MR) is 85.6 cm³/mol. The van der Waals surface area contributed by atoms with Crippen molar-refractivity contribution in [3.63, 3.8) is 0 Å². The molecule has 1 heterocycles. The molecule has 0 saturated carbocycles. The number of aliphatic hydroxyl groups excluding tert-OH is 1. The van der Waals surface area contributed by atoms with Gasteiger partial charge in [-0.2, -0.15) is 0 Å². The number of aromatic nitrogens is 1. The first-order valence-electron chi connectivity index (χ1n) is 7.14. The van der Waals surface area contributed by atoms with Gasteiger partial charge in [-0.1, -0.05) is 0 Å². The van der Waals surface area contributed by atoms with Crippen molar-refractivity contribution in [2.75, 3.05) is 14.2 Å². The summed E-state index contributed by atoms with van der Waals surface area (Å²) in [5, 5.41) is 12.2. The fourth-order valence-corrected chi connectivity index (χ4v) is 2.34. The van der Waals surface area contributed by atoms with Gasteiger partial charge in [0.05, 0.1) is 33.1 Å². The van der Waals surface area contributed by atoms with Crippen LogP contribution in [-0.4, -0.2) is 30.2 Å². The van der Waals surface area contributed by atoms with Gasteiger partial charge in [-0.15, -0.1) is 0 Å². The molecule has 1 aromatic carbocycles. The lowest BCUT2D eigenvalue weighted by Crippen LogP contribution is -2.23. The smallest absolute Gasteiger partial charge is 0.251 e. The number of pyridine rings is 1. The normalized spacial score (nSPS) is 10.3. The maximum Gasteiger partial charge on any atom is 0.251 e. The highest BCUT2D eigenvalue weighted by Crippen LogP contribution is 2.25. The van der Waals surface area contributed by atoms with Gasteiger partial charge in [0.1, 0.15) is 11.5 Å². The van der Waals surface area contributed by atoms with Gasteiger partial charge >= 0.3 is 0 Å². The molecule has 2 rings (SSSR count). The molecule has 0 fully saturated rings. The van der Waals surface area contributed by atoms with Crippen LogP contribution in [0.4, 0.5) is 0 Å². The van der Waals surface area contributed by atoms with Crippen LogP contribution in [0.1, 0.15) is 27.2 Å². The number of amides is 1. The number of aryl methyl sites for hydroxylation is 1. The first-order valence-corrected chi connectivity index (χ1v) is 7.14. The van der Waals surface area contributed by atoms with Crippen LogP contribution in [0.25, 0.3) is 0 Å². The third-order valence-corrected chi connectivity index (χ3v) is 3.44. The van der Waals surface area contributed by atoms with E-state index in [1.165, 1.54) is 7.11 Å². The van der Waals surface area contributed by atoms with Gasteiger partial charge in [0.2, 0.25) is 0 Å².